The summed E-state index contributed by atoms with van der Waals surface area (Å²) in [4.78, 5) is 36.4. The number of nitrogens with one attached hydrogen (secondary N) is 1. The standard InChI is InChI=1S/C30H36N3O9PS/c1-29(44(2,38)39,28(34)32-42-27-5-3-4-18-40-27)16-17-33-20-24-19-23(10-13-26(24)31-33)7-6-22-8-11-25(12-9-22)30(14-15-30)21-41-43(35,36)37/h8-13,19-20,27H,3-5,14-18,21H2,1-2H3,(H,32,34)(H2,35,36,37). The van der Waals surface area contributed by atoms with Crippen molar-refractivity contribution in [2.45, 2.75) is 68.4 Å². The van der Waals surface area contributed by atoms with E-state index in [0.29, 0.717) is 18.5 Å². The summed E-state index contributed by atoms with van der Waals surface area (Å²) in [5.41, 5.74) is 5.15. The summed E-state index contributed by atoms with van der Waals surface area (Å²) in [7, 11) is -8.32. The quantitative estimate of drug-likeness (QED) is 0.160. The molecule has 0 spiro atoms. The number of phosphoric ester groups is 1. The molecule has 2 atom stereocenters. The lowest BCUT2D eigenvalue weighted by molar-refractivity contribution is -0.201. The van der Waals surface area contributed by atoms with Gasteiger partial charge in [0.05, 0.1) is 12.1 Å². The Kier molecular flexibility index (Phi) is 9.35. The summed E-state index contributed by atoms with van der Waals surface area (Å²) in [5.74, 6) is 5.52. The Hall–Kier alpha value is -3.08. The van der Waals surface area contributed by atoms with Gasteiger partial charge in [0.1, 0.15) is 0 Å². The van der Waals surface area contributed by atoms with Crippen molar-refractivity contribution in [3.8, 4) is 11.8 Å². The van der Waals surface area contributed by atoms with Crippen LogP contribution in [0, 0.1) is 11.8 Å². The number of hydroxylamine groups is 1. The number of aryl methyl sites for hydroxylation is 1. The lowest BCUT2D eigenvalue weighted by Gasteiger charge is -2.28. The molecular formula is C30H36N3O9PS. The number of sulfone groups is 1. The fourth-order valence-electron chi connectivity index (χ4n) is 5.02. The van der Waals surface area contributed by atoms with Crippen LogP contribution in [-0.2, 0) is 45.3 Å². The van der Waals surface area contributed by atoms with Crippen molar-refractivity contribution in [1.29, 1.82) is 0 Å². The number of hydrogen-bond acceptors (Lipinski definition) is 8. The van der Waals surface area contributed by atoms with Crippen molar-refractivity contribution in [3.63, 3.8) is 0 Å². The van der Waals surface area contributed by atoms with Gasteiger partial charge in [-0.1, -0.05) is 24.0 Å². The van der Waals surface area contributed by atoms with Crippen LogP contribution in [0.15, 0.2) is 48.7 Å². The van der Waals surface area contributed by atoms with Gasteiger partial charge < -0.3 is 14.5 Å². The molecule has 1 amide bonds. The maximum absolute atomic E-state index is 13.0. The number of rotatable bonds is 11. The molecule has 44 heavy (non-hydrogen) atoms. The molecule has 12 nitrogen and oxygen atoms in total. The first kappa shape index (κ1) is 32.3. The SMILES string of the molecule is CC(CCn1cc2cc(C#Cc3ccc(C4(COP(=O)(O)O)CC4)cc3)ccc2n1)(C(=O)NOC1CCCCO1)S(C)(=O)=O. The summed E-state index contributed by atoms with van der Waals surface area (Å²) in [6.07, 6.45) is 6.25. The van der Waals surface area contributed by atoms with Crippen molar-refractivity contribution < 1.29 is 41.7 Å². The summed E-state index contributed by atoms with van der Waals surface area (Å²) >= 11 is 0. The Balaban J connectivity index is 1.22. The number of phosphoric acid groups is 1. The molecule has 2 fully saturated rings. The van der Waals surface area contributed by atoms with Gasteiger partial charge in [0.2, 0.25) is 0 Å². The van der Waals surface area contributed by atoms with E-state index in [0.717, 1.165) is 54.0 Å². The van der Waals surface area contributed by atoms with Crippen molar-refractivity contribution in [3.05, 3.63) is 65.4 Å². The third kappa shape index (κ3) is 7.76. The highest BCUT2D eigenvalue weighted by Gasteiger charge is 2.46. The van der Waals surface area contributed by atoms with E-state index in [2.05, 4.69) is 22.4 Å². The van der Waals surface area contributed by atoms with Crippen LogP contribution in [0.4, 0.5) is 0 Å². The van der Waals surface area contributed by atoms with Crippen LogP contribution in [0.25, 0.3) is 10.9 Å². The molecule has 3 aromatic rings. The lowest BCUT2D eigenvalue weighted by atomic mass is 9.96. The summed E-state index contributed by atoms with van der Waals surface area (Å²) < 4.78 is 46.5. The predicted molar refractivity (Wildman–Crippen MR) is 162 cm³/mol. The fourth-order valence-corrected chi connectivity index (χ4v) is 6.28. The van der Waals surface area contributed by atoms with E-state index < -0.39 is 34.6 Å². The Morgan fingerprint density at radius 1 is 1.18 bits per heavy atom. The zero-order valence-corrected chi connectivity index (χ0v) is 26.3. The van der Waals surface area contributed by atoms with Crippen molar-refractivity contribution in [1.82, 2.24) is 15.3 Å². The molecule has 2 aliphatic rings. The average Bonchev–Trinajstić information content (AvgIpc) is 3.68. The van der Waals surface area contributed by atoms with Gasteiger partial charge in [-0.25, -0.2) is 23.3 Å². The highest BCUT2D eigenvalue weighted by atomic mass is 32.2. The lowest BCUT2D eigenvalue weighted by Crippen LogP contribution is -2.51. The van der Waals surface area contributed by atoms with E-state index in [9.17, 15) is 17.8 Å². The molecule has 1 saturated heterocycles. The minimum atomic E-state index is -4.52. The smallest absolute Gasteiger partial charge is 0.350 e. The number of aromatic nitrogens is 2. The summed E-state index contributed by atoms with van der Waals surface area (Å²) in [5, 5.41) is 5.35. The number of ether oxygens (including phenoxy) is 1. The second-order valence-electron chi connectivity index (χ2n) is 11.6. The Morgan fingerprint density at radius 2 is 1.89 bits per heavy atom. The first-order valence-electron chi connectivity index (χ1n) is 14.3. The van der Waals surface area contributed by atoms with Gasteiger partial charge in [-0.15, -0.1) is 0 Å². The number of hydrogen-bond donors (Lipinski definition) is 3. The van der Waals surface area contributed by atoms with E-state index in [1.165, 1.54) is 6.92 Å². The third-order valence-corrected chi connectivity index (χ3v) is 10.8. The number of carbonyl (C=O) groups is 1. The van der Waals surface area contributed by atoms with Gasteiger partial charge in [0.15, 0.2) is 20.9 Å². The molecule has 2 aromatic carbocycles. The van der Waals surface area contributed by atoms with Crippen LogP contribution in [0.5, 0.6) is 0 Å². The van der Waals surface area contributed by atoms with Crippen LogP contribution in [0.2, 0.25) is 0 Å². The Bertz CT molecular complexity index is 1730. The van der Waals surface area contributed by atoms with Crippen molar-refractivity contribution in [2.24, 2.45) is 0 Å². The monoisotopic (exact) mass is 645 g/mol. The molecule has 1 saturated carbocycles. The molecule has 2 unspecified atom stereocenters. The first-order valence-corrected chi connectivity index (χ1v) is 17.8. The van der Waals surface area contributed by atoms with Crippen molar-refractivity contribution >= 4 is 34.5 Å². The summed E-state index contributed by atoms with van der Waals surface area (Å²) in [6.45, 7) is 2.06. The van der Waals surface area contributed by atoms with E-state index in [-0.39, 0.29) is 25.0 Å². The molecule has 1 aromatic heterocycles. The number of carbonyl (C=O) groups excluding carboxylic acids is 1. The maximum atomic E-state index is 13.0. The van der Waals surface area contributed by atoms with Gasteiger partial charge in [0.25, 0.3) is 5.91 Å². The topological polar surface area (TPSA) is 166 Å². The maximum Gasteiger partial charge on any atom is 0.469 e. The second kappa shape index (κ2) is 12.7. The number of amides is 1. The van der Waals surface area contributed by atoms with Gasteiger partial charge >= 0.3 is 7.82 Å². The zero-order valence-electron chi connectivity index (χ0n) is 24.6. The first-order chi connectivity index (χ1) is 20.8. The average molecular weight is 646 g/mol. The molecule has 1 aliphatic carbocycles. The molecule has 14 heteroatoms. The molecule has 2 heterocycles. The highest BCUT2D eigenvalue weighted by Crippen LogP contribution is 2.51. The molecule has 3 N–H and O–H groups in total. The molecule has 236 valence electrons. The second-order valence-corrected chi connectivity index (χ2v) is 15.3. The van der Waals surface area contributed by atoms with Crippen LogP contribution in [-0.4, -0.2) is 64.4 Å². The molecule has 0 radical (unpaired) electrons. The minimum absolute atomic E-state index is 0.0179. The van der Waals surface area contributed by atoms with Crippen molar-refractivity contribution in [2.75, 3.05) is 19.5 Å². The summed E-state index contributed by atoms with van der Waals surface area (Å²) in [6, 6.07) is 13.1. The number of fused-ring (bicyclic) bond motifs is 1. The van der Waals surface area contributed by atoms with Gasteiger partial charge in [-0.05, 0) is 74.9 Å². The Morgan fingerprint density at radius 3 is 2.52 bits per heavy atom. The molecule has 0 bridgehead atoms. The Labute approximate surface area is 256 Å². The third-order valence-electron chi connectivity index (χ3n) is 8.30. The van der Waals surface area contributed by atoms with E-state index in [1.54, 1.807) is 10.9 Å². The van der Waals surface area contributed by atoms with E-state index in [4.69, 9.17) is 23.9 Å². The van der Waals surface area contributed by atoms with Crippen LogP contribution >= 0.6 is 7.82 Å². The van der Waals surface area contributed by atoms with Gasteiger partial charge in [0, 0.05) is 54.0 Å². The van der Waals surface area contributed by atoms with Crippen LogP contribution in [0.1, 0.15) is 62.1 Å². The molecule has 1 aliphatic heterocycles. The molecular weight excluding hydrogens is 609 g/mol. The highest BCUT2D eigenvalue weighted by molar-refractivity contribution is 7.92. The zero-order chi connectivity index (χ0) is 31.6. The van der Waals surface area contributed by atoms with Gasteiger partial charge in [-0.3, -0.25) is 14.0 Å². The van der Waals surface area contributed by atoms with Crippen LogP contribution in [0.3, 0.4) is 0 Å². The van der Waals surface area contributed by atoms with Crippen LogP contribution < -0.4 is 5.48 Å². The van der Waals surface area contributed by atoms with Gasteiger partial charge in [-0.2, -0.15) is 5.10 Å². The number of benzene rings is 2. The normalized spacial score (nSPS) is 19.5. The minimum Gasteiger partial charge on any atom is -0.350 e. The molecule has 5 rings (SSSR count). The fraction of sp³-hybridized carbons (Fsp3) is 0.467. The largest absolute Gasteiger partial charge is 0.469 e. The van der Waals surface area contributed by atoms with E-state index >= 15 is 0 Å². The number of nitrogens with zero attached hydrogens (tertiary/aromatic N) is 2. The van der Waals surface area contributed by atoms with E-state index in [1.807, 2.05) is 42.5 Å². The predicted octanol–water partition coefficient (Wildman–Crippen LogP) is 3.34.